The summed E-state index contributed by atoms with van der Waals surface area (Å²) in [6, 6.07) is 3.78. The molecule has 2 aliphatic heterocycles. The minimum atomic E-state index is -0.336. The second-order valence-corrected chi connectivity index (χ2v) is 7.02. The maximum Gasteiger partial charge on any atom is 0.272 e. The predicted molar refractivity (Wildman–Crippen MR) is 93.8 cm³/mol. The topological polar surface area (TPSA) is 75.1 Å². The number of pyridine rings is 1. The first-order valence-corrected chi connectivity index (χ1v) is 8.88. The molecule has 138 valence electrons. The van der Waals surface area contributed by atoms with E-state index in [2.05, 4.69) is 23.7 Å². The van der Waals surface area contributed by atoms with Crippen LogP contribution in [0.5, 0.6) is 0 Å². The summed E-state index contributed by atoms with van der Waals surface area (Å²) in [4.78, 5) is 21.1. The summed E-state index contributed by atoms with van der Waals surface area (Å²) in [5.41, 5.74) is 1.41. The van der Waals surface area contributed by atoms with Crippen molar-refractivity contribution in [1.82, 2.24) is 9.88 Å². The number of ether oxygens (including phenoxy) is 2. The summed E-state index contributed by atoms with van der Waals surface area (Å²) in [7, 11) is 0. The highest BCUT2D eigenvalue weighted by Gasteiger charge is 2.30. The van der Waals surface area contributed by atoms with Gasteiger partial charge in [0.05, 0.1) is 31.0 Å². The van der Waals surface area contributed by atoms with Crippen LogP contribution in [0.4, 0.5) is 5.69 Å². The molecule has 3 rings (SSSR count). The Bertz CT molecular complexity index is 602. The van der Waals surface area contributed by atoms with E-state index in [9.17, 15) is 9.90 Å². The highest BCUT2D eigenvalue weighted by atomic mass is 16.5. The van der Waals surface area contributed by atoms with Crippen LogP contribution in [0.25, 0.3) is 0 Å². The molecule has 0 spiro atoms. The molecule has 25 heavy (non-hydrogen) atoms. The molecule has 2 aliphatic rings. The Morgan fingerprint density at radius 1 is 1.16 bits per heavy atom. The molecule has 1 aromatic heterocycles. The quantitative estimate of drug-likeness (QED) is 0.875. The van der Waals surface area contributed by atoms with E-state index in [0.29, 0.717) is 18.8 Å². The van der Waals surface area contributed by atoms with E-state index in [4.69, 9.17) is 9.47 Å². The molecule has 0 bridgehead atoms. The number of aliphatic hydroxyl groups is 1. The number of anilines is 1. The number of morpholine rings is 2. The molecule has 0 aliphatic carbocycles. The number of aromatic nitrogens is 1. The van der Waals surface area contributed by atoms with Gasteiger partial charge >= 0.3 is 0 Å². The number of carbonyl (C=O) groups is 1. The molecule has 4 atom stereocenters. The Labute approximate surface area is 148 Å². The van der Waals surface area contributed by atoms with E-state index < -0.39 is 0 Å². The van der Waals surface area contributed by atoms with Crippen LogP contribution in [0.1, 0.15) is 31.3 Å². The highest BCUT2D eigenvalue weighted by molar-refractivity contribution is 5.93. The van der Waals surface area contributed by atoms with Gasteiger partial charge in [-0.3, -0.25) is 9.78 Å². The summed E-state index contributed by atoms with van der Waals surface area (Å²) in [6.07, 6.45) is 1.56. The van der Waals surface area contributed by atoms with Gasteiger partial charge in [-0.05, 0) is 32.9 Å². The van der Waals surface area contributed by atoms with Crippen LogP contribution in [0.3, 0.4) is 0 Å². The SMILES string of the molecule is CC1CN(c2ccnc(C(=O)N3CC(C)OC(CO)C3)c2)CC(C)O1. The third-order valence-electron chi connectivity index (χ3n) is 4.56. The van der Waals surface area contributed by atoms with Crippen molar-refractivity contribution in [1.29, 1.82) is 0 Å². The van der Waals surface area contributed by atoms with Gasteiger partial charge in [0, 0.05) is 38.1 Å². The highest BCUT2D eigenvalue weighted by Crippen LogP contribution is 2.22. The lowest BCUT2D eigenvalue weighted by Gasteiger charge is -2.37. The van der Waals surface area contributed by atoms with Crippen LogP contribution in [-0.4, -0.2) is 78.1 Å². The lowest BCUT2D eigenvalue weighted by molar-refractivity contribution is -0.0859. The molecule has 4 unspecified atom stereocenters. The van der Waals surface area contributed by atoms with Crippen molar-refractivity contribution < 1.29 is 19.4 Å². The predicted octanol–water partition coefficient (Wildman–Crippen LogP) is 0.917. The van der Waals surface area contributed by atoms with Gasteiger partial charge in [0.2, 0.25) is 0 Å². The zero-order valence-corrected chi connectivity index (χ0v) is 15.1. The molecule has 0 radical (unpaired) electrons. The van der Waals surface area contributed by atoms with E-state index >= 15 is 0 Å². The van der Waals surface area contributed by atoms with Crippen molar-refractivity contribution in [2.45, 2.75) is 45.2 Å². The van der Waals surface area contributed by atoms with Crippen molar-refractivity contribution in [3.05, 3.63) is 24.0 Å². The van der Waals surface area contributed by atoms with Crippen molar-refractivity contribution in [2.75, 3.05) is 37.7 Å². The van der Waals surface area contributed by atoms with Crippen LogP contribution < -0.4 is 4.90 Å². The van der Waals surface area contributed by atoms with E-state index in [1.165, 1.54) is 0 Å². The largest absolute Gasteiger partial charge is 0.394 e. The van der Waals surface area contributed by atoms with Crippen LogP contribution in [0.2, 0.25) is 0 Å². The van der Waals surface area contributed by atoms with E-state index in [1.807, 2.05) is 19.1 Å². The van der Waals surface area contributed by atoms with Crippen LogP contribution in [-0.2, 0) is 9.47 Å². The number of hydrogen-bond donors (Lipinski definition) is 1. The van der Waals surface area contributed by atoms with Crippen molar-refractivity contribution in [3.8, 4) is 0 Å². The first-order valence-electron chi connectivity index (χ1n) is 8.88. The zero-order chi connectivity index (χ0) is 18.0. The Morgan fingerprint density at radius 2 is 1.84 bits per heavy atom. The monoisotopic (exact) mass is 349 g/mol. The molecular formula is C18H27N3O4. The van der Waals surface area contributed by atoms with Gasteiger partial charge < -0.3 is 24.4 Å². The second-order valence-electron chi connectivity index (χ2n) is 7.02. The molecule has 7 nitrogen and oxygen atoms in total. The van der Waals surface area contributed by atoms with Crippen molar-refractivity contribution >= 4 is 11.6 Å². The average Bonchev–Trinajstić information content (AvgIpc) is 2.59. The number of aliphatic hydroxyl groups excluding tert-OH is 1. The fourth-order valence-electron chi connectivity index (χ4n) is 3.60. The molecule has 3 heterocycles. The summed E-state index contributed by atoms with van der Waals surface area (Å²) < 4.78 is 11.4. The average molecular weight is 349 g/mol. The number of amides is 1. The summed E-state index contributed by atoms with van der Waals surface area (Å²) in [5, 5.41) is 9.35. The number of rotatable bonds is 3. The van der Waals surface area contributed by atoms with Crippen molar-refractivity contribution in [3.63, 3.8) is 0 Å². The first-order chi connectivity index (χ1) is 12.0. The summed E-state index contributed by atoms with van der Waals surface area (Å²) >= 11 is 0. The minimum absolute atomic E-state index is 0.0921. The maximum atomic E-state index is 12.9. The normalized spacial score (nSPS) is 30.4. The number of nitrogens with zero attached hydrogens (tertiary/aromatic N) is 3. The second kappa shape index (κ2) is 7.68. The molecule has 0 saturated carbocycles. The molecular weight excluding hydrogens is 322 g/mol. The van der Waals surface area contributed by atoms with E-state index in [1.54, 1.807) is 11.1 Å². The lowest BCUT2D eigenvalue weighted by Crippen LogP contribution is -2.50. The molecule has 7 heteroatoms. The summed E-state index contributed by atoms with van der Waals surface area (Å²) in [5.74, 6) is -0.121. The molecule has 2 fully saturated rings. The van der Waals surface area contributed by atoms with Crippen LogP contribution in [0.15, 0.2) is 18.3 Å². The van der Waals surface area contributed by atoms with Gasteiger partial charge in [-0.25, -0.2) is 0 Å². The Balaban J connectivity index is 1.75. The Morgan fingerprint density at radius 3 is 2.52 bits per heavy atom. The van der Waals surface area contributed by atoms with Gasteiger partial charge in [0.1, 0.15) is 5.69 Å². The number of carbonyl (C=O) groups excluding carboxylic acids is 1. The Hall–Kier alpha value is -1.70. The van der Waals surface area contributed by atoms with Gasteiger partial charge in [0.15, 0.2) is 0 Å². The Kier molecular flexibility index (Phi) is 5.56. The lowest BCUT2D eigenvalue weighted by atomic mass is 10.1. The third kappa shape index (κ3) is 4.29. The van der Waals surface area contributed by atoms with E-state index in [-0.39, 0.29) is 36.9 Å². The van der Waals surface area contributed by atoms with Gasteiger partial charge in [0.25, 0.3) is 5.91 Å². The maximum absolute atomic E-state index is 12.9. The van der Waals surface area contributed by atoms with Gasteiger partial charge in [-0.15, -0.1) is 0 Å². The molecule has 2 saturated heterocycles. The molecule has 1 N–H and O–H groups in total. The standard InChI is InChI=1S/C18H27N3O4/c1-12-7-20(8-13(2)24-12)15-4-5-19-17(6-15)18(23)21-9-14(3)25-16(10-21)11-22/h4-6,12-14,16,22H,7-11H2,1-3H3. The molecule has 1 aromatic rings. The molecule has 1 amide bonds. The van der Waals surface area contributed by atoms with Crippen molar-refractivity contribution in [2.24, 2.45) is 0 Å². The third-order valence-corrected chi connectivity index (χ3v) is 4.56. The fourth-order valence-corrected chi connectivity index (χ4v) is 3.60. The minimum Gasteiger partial charge on any atom is -0.394 e. The summed E-state index contributed by atoms with van der Waals surface area (Å²) in [6.45, 7) is 8.41. The fraction of sp³-hybridized carbons (Fsp3) is 0.667. The van der Waals surface area contributed by atoms with Crippen LogP contribution in [0, 0.1) is 0 Å². The number of hydrogen-bond acceptors (Lipinski definition) is 6. The molecule has 0 aromatic carbocycles. The van der Waals surface area contributed by atoms with Gasteiger partial charge in [-0.1, -0.05) is 0 Å². The van der Waals surface area contributed by atoms with Crippen LogP contribution >= 0.6 is 0 Å². The smallest absolute Gasteiger partial charge is 0.272 e. The van der Waals surface area contributed by atoms with E-state index in [0.717, 1.165) is 18.8 Å². The zero-order valence-electron chi connectivity index (χ0n) is 15.1. The first kappa shape index (κ1) is 18.1. The van der Waals surface area contributed by atoms with Gasteiger partial charge in [-0.2, -0.15) is 0 Å².